The maximum Gasteiger partial charge on any atom is 0.274 e. The number of rotatable bonds is 3. The fourth-order valence-corrected chi connectivity index (χ4v) is 4.59. The molecule has 1 aromatic rings. The fourth-order valence-electron chi connectivity index (χ4n) is 4.59. The van der Waals surface area contributed by atoms with E-state index in [1.165, 1.54) is 45.2 Å². The molecule has 0 aromatic carbocycles. The molecule has 0 bridgehead atoms. The summed E-state index contributed by atoms with van der Waals surface area (Å²) in [7, 11) is 1.89. The van der Waals surface area contributed by atoms with Gasteiger partial charge in [-0.15, -0.1) is 0 Å². The molecule has 1 saturated carbocycles. The van der Waals surface area contributed by atoms with Gasteiger partial charge in [-0.05, 0) is 25.8 Å². The molecule has 3 aliphatic rings. The summed E-state index contributed by atoms with van der Waals surface area (Å²) >= 11 is 0. The summed E-state index contributed by atoms with van der Waals surface area (Å²) in [6.07, 6.45) is 7.05. The third kappa shape index (κ3) is 3.47. The SMILES string of the molecule is Cc1cc(C(=O)N2CC(N3CCN(C4CCCCC4)CC3)C2)nn1C. The number of hydrogen-bond donors (Lipinski definition) is 0. The Morgan fingerprint density at radius 1 is 1.00 bits per heavy atom. The Bertz CT molecular complexity index is 588. The summed E-state index contributed by atoms with van der Waals surface area (Å²) in [5.74, 6) is 0.0841. The number of likely N-dealkylation sites (tertiary alicyclic amines) is 1. The van der Waals surface area contributed by atoms with Crippen LogP contribution in [0.2, 0.25) is 0 Å². The normalized spacial score (nSPS) is 24.5. The molecular formula is C19H31N5O. The lowest BCUT2D eigenvalue weighted by Gasteiger charge is -2.49. The van der Waals surface area contributed by atoms with Crippen molar-refractivity contribution in [3.8, 4) is 0 Å². The third-order valence-corrected chi connectivity index (χ3v) is 6.44. The van der Waals surface area contributed by atoms with E-state index < -0.39 is 0 Å². The Balaban J connectivity index is 1.24. The van der Waals surface area contributed by atoms with Crippen molar-refractivity contribution in [1.82, 2.24) is 24.5 Å². The van der Waals surface area contributed by atoms with Crippen LogP contribution in [0, 0.1) is 6.92 Å². The van der Waals surface area contributed by atoms with Gasteiger partial charge < -0.3 is 4.90 Å². The second-order valence-corrected chi connectivity index (χ2v) is 8.02. The van der Waals surface area contributed by atoms with Gasteiger partial charge in [-0.1, -0.05) is 19.3 Å². The van der Waals surface area contributed by atoms with Crippen LogP contribution in [-0.4, -0.2) is 81.7 Å². The molecule has 2 aliphatic heterocycles. The highest BCUT2D eigenvalue weighted by Crippen LogP contribution is 2.25. The first-order chi connectivity index (χ1) is 12.1. The summed E-state index contributed by atoms with van der Waals surface area (Å²) < 4.78 is 1.77. The van der Waals surface area contributed by atoms with E-state index in [1.54, 1.807) is 4.68 Å². The predicted molar refractivity (Wildman–Crippen MR) is 97.7 cm³/mol. The minimum atomic E-state index is 0.0841. The summed E-state index contributed by atoms with van der Waals surface area (Å²) in [4.78, 5) is 19.8. The number of piperazine rings is 1. The average Bonchev–Trinajstić information content (AvgIpc) is 2.94. The van der Waals surface area contributed by atoms with Gasteiger partial charge in [0.1, 0.15) is 0 Å². The third-order valence-electron chi connectivity index (χ3n) is 6.44. The smallest absolute Gasteiger partial charge is 0.274 e. The minimum Gasteiger partial charge on any atom is -0.334 e. The van der Waals surface area contributed by atoms with Crippen LogP contribution in [0.15, 0.2) is 6.07 Å². The highest BCUT2D eigenvalue weighted by molar-refractivity contribution is 5.93. The highest BCUT2D eigenvalue weighted by Gasteiger charge is 2.37. The molecule has 0 radical (unpaired) electrons. The predicted octanol–water partition coefficient (Wildman–Crippen LogP) is 1.50. The molecule has 2 saturated heterocycles. The molecule has 3 fully saturated rings. The molecule has 4 rings (SSSR count). The quantitative estimate of drug-likeness (QED) is 0.833. The molecule has 3 heterocycles. The number of hydrogen-bond acceptors (Lipinski definition) is 4. The Morgan fingerprint density at radius 2 is 1.60 bits per heavy atom. The first kappa shape index (κ1) is 17.0. The molecule has 0 atom stereocenters. The van der Waals surface area contributed by atoms with E-state index in [-0.39, 0.29) is 5.91 Å². The van der Waals surface area contributed by atoms with E-state index in [4.69, 9.17) is 0 Å². The number of nitrogens with zero attached hydrogens (tertiary/aromatic N) is 5. The van der Waals surface area contributed by atoms with Gasteiger partial charge in [-0.3, -0.25) is 19.3 Å². The minimum absolute atomic E-state index is 0.0841. The second-order valence-electron chi connectivity index (χ2n) is 8.02. The van der Waals surface area contributed by atoms with Crippen LogP contribution in [-0.2, 0) is 7.05 Å². The molecular weight excluding hydrogens is 314 g/mol. The summed E-state index contributed by atoms with van der Waals surface area (Å²) in [6.45, 7) is 8.42. The molecule has 0 spiro atoms. The zero-order valence-electron chi connectivity index (χ0n) is 15.7. The van der Waals surface area contributed by atoms with Crippen molar-refractivity contribution in [1.29, 1.82) is 0 Å². The van der Waals surface area contributed by atoms with Gasteiger partial charge in [0.05, 0.1) is 0 Å². The van der Waals surface area contributed by atoms with Crippen molar-refractivity contribution in [2.24, 2.45) is 7.05 Å². The maximum absolute atomic E-state index is 12.5. The number of carbonyl (C=O) groups is 1. The number of aryl methyl sites for hydroxylation is 2. The van der Waals surface area contributed by atoms with Crippen LogP contribution in [0.25, 0.3) is 0 Å². The first-order valence-electron chi connectivity index (χ1n) is 9.90. The van der Waals surface area contributed by atoms with Crippen LogP contribution in [0.4, 0.5) is 0 Å². The van der Waals surface area contributed by atoms with E-state index in [1.807, 2.05) is 24.9 Å². The lowest BCUT2D eigenvalue weighted by Crippen LogP contribution is -2.64. The van der Waals surface area contributed by atoms with Crippen LogP contribution in [0.1, 0.15) is 48.3 Å². The van der Waals surface area contributed by atoms with Crippen molar-refractivity contribution in [2.45, 2.75) is 51.1 Å². The van der Waals surface area contributed by atoms with Gasteiger partial charge in [0.25, 0.3) is 5.91 Å². The number of aromatic nitrogens is 2. The van der Waals surface area contributed by atoms with Gasteiger partial charge >= 0.3 is 0 Å². The first-order valence-corrected chi connectivity index (χ1v) is 9.90. The van der Waals surface area contributed by atoms with Crippen molar-refractivity contribution in [3.63, 3.8) is 0 Å². The van der Waals surface area contributed by atoms with Crippen LogP contribution >= 0.6 is 0 Å². The molecule has 6 nitrogen and oxygen atoms in total. The van der Waals surface area contributed by atoms with Gasteiger partial charge in [0.2, 0.25) is 0 Å². The molecule has 138 valence electrons. The standard InChI is InChI=1S/C19H31N5O/c1-15-12-18(20-21(15)2)19(25)24-13-17(14-24)23-10-8-22(9-11-23)16-6-4-3-5-7-16/h12,16-17H,3-11,13-14H2,1-2H3. The molecule has 1 aromatic heterocycles. The average molecular weight is 345 g/mol. The number of amides is 1. The second kappa shape index (κ2) is 7.08. The van der Waals surface area contributed by atoms with E-state index in [9.17, 15) is 4.79 Å². The number of carbonyl (C=O) groups excluding carboxylic acids is 1. The largest absolute Gasteiger partial charge is 0.334 e. The van der Waals surface area contributed by atoms with Crippen LogP contribution in [0.5, 0.6) is 0 Å². The summed E-state index contributed by atoms with van der Waals surface area (Å²) in [5, 5.41) is 4.32. The topological polar surface area (TPSA) is 44.6 Å². The van der Waals surface area contributed by atoms with Gasteiger partial charge in [0.15, 0.2) is 5.69 Å². The van der Waals surface area contributed by atoms with E-state index in [0.29, 0.717) is 11.7 Å². The lowest BCUT2D eigenvalue weighted by molar-refractivity contribution is -0.00290. The molecule has 0 unspecified atom stereocenters. The van der Waals surface area contributed by atoms with Crippen molar-refractivity contribution in [3.05, 3.63) is 17.5 Å². The lowest BCUT2D eigenvalue weighted by atomic mass is 9.93. The van der Waals surface area contributed by atoms with Gasteiger partial charge in [-0.25, -0.2) is 0 Å². The molecule has 1 amide bonds. The van der Waals surface area contributed by atoms with Crippen LogP contribution in [0.3, 0.4) is 0 Å². The zero-order chi connectivity index (χ0) is 17.4. The Hall–Kier alpha value is -1.40. The van der Waals surface area contributed by atoms with Gasteiger partial charge in [-0.2, -0.15) is 5.10 Å². The Kier molecular flexibility index (Phi) is 4.82. The summed E-state index contributed by atoms with van der Waals surface area (Å²) in [5.41, 5.74) is 1.61. The summed E-state index contributed by atoms with van der Waals surface area (Å²) in [6, 6.07) is 3.27. The monoisotopic (exact) mass is 345 g/mol. The molecule has 0 N–H and O–H groups in total. The maximum atomic E-state index is 12.5. The highest BCUT2D eigenvalue weighted by atomic mass is 16.2. The van der Waals surface area contributed by atoms with Crippen molar-refractivity contribution in [2.75, 3.05) is 39.3 Å². The van der Waals surface area contributed by atoms with Gasteiger partial charge in [0, 0.05) is 64.1 Å². The van der Waals surface area contributed by atoms with Crippen molar-refractivity contribution >= 4 is 5.91 Å². The van der Waals surface area contributed by atoms with E-state index >= 15 is 0 Å². The van der Waals surface area contributed by atoms with Crippen molar-refractivity contribution < 1.29 is 4.79 Å². The fraction of sp³-hybridized carbons (Fsp3) is 0.789. The molecule has 25 heavy (non-hydrogen) atoms. The zero-order valence-corrected chi connectivity index (χ0v) is 15.7. The Labute approximate surface area is 150 Å². The van der Waals surface area contributed by atoms with E-state index in [2.05, 4.69) is 14.9 Å². The van der Waals surface area contributed by atoms with Crippen LogP contribution < -0.4 is 0 Å². The molecule has 1 aliphatic carbocycles. The Morgan fingerprint density at radius 3 is 2.16 bits per heavy atom. The van der Waals surface area contributed by atoms with E-state index in [0.717, 1.165) is 37.9 Å². The molecule has 6 heteroatoms.